The molecule has 0 N–H and O–H groups in total. The largest absolute Gasteiger partial charge is 0.439 e. The minimum Gasteiger partial charge on any atom is -0.439 e. The summed E-state index contributed by atoms with van der Waals surface area (Å²) in [6, 6.07) is 9.81. The Bertz CT molecular complexity index is 725. The van der Waals surface area contributed by atoms with Gasteiger partial charge < -0.3 is 4.42 Å². The molecule has 0 radical (unpaired) electrons. The molecule has 1 aromatic carbocycles. The summed E-state index contributed by atoms with van der Waals surface area (Å²) in [6.45, 7) is 3.30. The number of hydrogen-bond donors (Lipinski definition) is 0. The van der Waals surface area contributed by atoms with Crippen LogP contribution in [0.3, 0.4) is 0 Å². The first-order chi connectivity index (χ1) is 10.6. The third-order valence-electron chi connectivity index (χ3n) is 4.08. The summed E-state index contributed by atoms with van der Waals surface area (Å²) in [5.74, 6) is 1.86. The zero-order valence-corrected chi connectivity index (χ0v) is 13.4. The van der Waals surface area contributed by atoms with Gasteiger partial charge in [-0.3, -0.25) is 4.90 Å². The van der Waals surface area contributed by atoms with Gasteiger partial charge in [-0.2, -0.15) is 0 Å². The molecule has 2 aromatic rings. The molecule has 118 valence electrons. The average Bonchev–Trinajstić information content (AvgIpc) is 2.93. The van der Waals surface area contributed by atoms with E-state index in [0.29, 0.717) is 18.9 Å². The topological polar surface area (TPSA) is 63.4 Å². The molecular formula is C16H20N2O3S. The van der Waals surface area contributed by atoms with E-state index in [1.54, 1.807) is 6.20 Å². The van der Waals surface area contributed by atoms with Crippen LogP contribution in [0.4, 0.5) is 0 Å². The van der Waals surface area contributed by atoms with Crippen molar-refractivity contribution in [2.75, 3.05) is 24.6 Å². The predicted molar refractivity (Wildman–Crippen MR) is 85.2 cm³/mol. The first-order valence-corrected chi connectivity index (χ1v) is 9.33. The normalized spacial score (nSPS) is 20.4. The number of hydrogen-bond acceptors (Lipinski definition) is 5. The molecule has 0 aliphatic carbocycles. The van der Waals surface area contributed by atoms with Crippen molar-refractivity contribution in [1.82, 2.24) is 9.88 Å². The highest BCUT2D eigenvalue weighted by atomic mass is 32.2. The van der Waals surface area contributed by atoms with Crippen LogP contribution in [0.25, 0.3) is 11.3 Å². The smallest absolute Gasteiger partial charge is 0.211 e. The lowest BCUT2D eigenvalue weighted by atomic mass is 10.2. The molecule has 2 heterocycles. The standard InChI is InChI=1S/C16H20N2O3S/c1-13(18-8-5-10-22(19,20)11-9-18)16-17-12-15(21-16)14-6-3-2-4-7-14/h2-4,6-7,12-13H,5,8-11H2,1H3. The van der Waals surface area contributed by atoms with Gasteiger partial charge in [-0.1, -0.05) is 30.3 Å². The Balaban J connectivity index is 1.75. The van der Waals surface area contributed by atoms with E-state index in [4.69, 9.17) is 4.42 Å². The molecule has 1 fully saturated rings. The van der Waals surface area contributed by atoms with Crippen molar-refractivity contribution < 1.29 is 12.8 Å². The van der Waals surface area contributed by atoms with Gasteiger partial charge in [-0.05, 0) is 19.9 Å². The molecule has 1 aromatic heterocycles. The van der Waals surface area contributed by atoms with Crippen molar-refractivity contribution in [3.05, 3.63) is 42.4 Å². The van der Waals surface area contributed by atoms with E-state index in [1.165, 1.54) is 0 Å². The molecule has 0 spiro atoms. The zero-order chi connectivity index (χ0) is 15.6. The third-order valence-corrected chi connectivity index (χ3v) is 5.79. The van der Waals surface area contributed by atoms with Crippen molar-refractivity contribution >= 4 is 9.84 Å². The van der Waals surface area contributed by atoms with Gasteiger partial charge in [0, 0.05) is 12.1 Å². The van der Waals surface area contributed by atoms with E-state index in [-0.39, 0.29) is 17.5 Å². The van der Waals surface area contributed by atoms with E-state index in [1.807, 2.05) is 37.3 Å². The summed E-state index contributed by atoms with van der Waals surface area (Å²) < 4.78 is 29.3. The highest BCUT2D eigenvalue weighted by molar-refractivity contribution is 7.91. The number of benzene rings is 1. The SMILES string of the molecule is CC(c1ncc(-c2ccccc2)o1)N1CCCS(=O)(=O)CC1. The molecule has 3 rings (SSSR count). The number of sulfone groups is 1. The van der Waals surface area contributed by atoms with Gasteiger partial charge in [0.15, 0.2) is 15.6 Å². The van der Waals surface area contributed by atoms with Crippen molar-refractivity contribution in [2.24, 2.45) is 0 Å². The maximum absolute atomic E-state index is 11.7. The van der Waals surface area contributed by atoms with Gasteiger partial charge in [0.1, 0.15) is 0 Å². The summed E-state index contributed by atoms with van der Waals surface area (Å²) in [6.07, 6.45) is 2.40. The van der Waals surface area contributed by atoms with Crippen molar-refractivity contribution in [2.45, 2.75) is 19.4 Å². The molecule has 1 atom stereocenters. The Kier molecular flexibility index (Phi) is 4.31. The van der Waals surface area contributed by atoms with Crippen molar-refractivity contribution in [1.29, 1.82) is 0 Å². The molecule has 1 aliphatic rings. The molecule has 0 bridgehead atoms. The second kappa shape index (κ2) is 6.22. The Morgan fingerprint density at radius 1 is 1.18 bits per heavy atom. The van der Waals surface area contributed by atoms with Crippen molar-refractivity contribution in [3.63, 3.8) is 0 Å². The third kappa shape index (κ3) is 3.39. The number of nitrogens with zero attached hydrogens (tertiary/aromatic N) is 2. The quantitative estimate of drug-likeness (QED) is 0.869. The minimum atomic E-state index is -2.90. The summed E-state index contributed by atoms with van der Waals surface area (Å²) in [5, 5.41) is 0. The van der Waals surface area contributed by atoms with E-state index in [2.05, 4.69) is 9.88 Å². The summed E-state index contributed by atoms with van der Waals surface area (Å²) in [4.78, 5) is 6.51. The van der Waals surface area contributed by atoms with Gasteiger partial charge in [0.25, 0.3) is 0 Å². The number of oxazole rings is 1. The fraction of sp³-hybridized carbons (Fsp3) is 0.438. The van der Waals surface area contributed by atoms with Crippen LogP contribution in [0.1, 0.15) is 25.3 Å². The molecule has 22 heavy (non-hydrogen) atoms. The lowest BCUT2D eigenvalue weighted by Gasteiger charge is -2.24. The van der Waals surface area contributed by atoms with E-state index >= 15 is 0 Å². The summed E-state index contributed by atoms with van der Waals surface area (Å²) >= 11 is 0. The van der Waals surface area contributed by atoms with E-state index in [9.17, 15) is 8.42 Å². The second-order valence-electron chi connectivity index (χ2n) is 5.65. The van der Waals surface area contributed by atoms with E-state index < -0.39 is 9.84 Å². The Hall–Kier alpha value is -1.66. The summed E-state index contributed by atoms with van der Waals surface area (Å²) in [5.41, 5.74) is 0.992. The zero-order valence-electron chi connectivity index (χ0n) is 12.6. The van der Waals surface area contributed by atoms with Crippen molar-refractivity contribution in [3.8, 4) is 11.3 Å². The maximum Gasteiger partial charge on any atom is 0.211 e. The number of aromatic nitrogens is 1. The fourth-order valence-electron chi connectivity index (χ4n) is 2.72. The van der Waals surface area contributed by atoms with Gasteiger partial charge in [-0.15, -0.1) is 0 Å². The fourth-order valence-corrected chi connectivity index (χ4v) is 4.00. The van der Waals surface area contributed by atoms with Crippen LogP contribution in [0.15, 0.2) is 40.9 Å². The first kappa shape index (κ1) is 15.2. The Morgan fingerprint density at radius 3 is 2.73 bits per heavy atom. The van der Waals surface area contributed by atoms with Gasteiger partial charge in [0.05, 0.1) is 23.7 Å². The molecule has 6 heteroatoms. The molecule has 1 saturated heterocycles. The Morgan fingerprint density at radius 2 is 1.95 bits per heavy atom. The lowest BCUT2D eigenvalue weighted by molar-refractivity contribution is 0.197. The van der Waals surface area contributed by atoms with Crippen LogP contribution in [0.2, 0.25) is 0 Å². The minimum absolute atomic E-state index is 0.0224. The van der Waals surface area contributed by atoms with Crippen LogP contribution < -0.4 is 0 Å². The van der Waals surface area contributed by atoms with Crippen LogP contribution in [-0.4, -0.2) is 42.9 Å². The molecule has 1 aliphatic heterocycles. The van der Waals surface area contributed by atoms with Crippen LogP contribution >= 0.6 is 0 Å². The highest BCUT2D eigenvalue weighted by Crippen LogP contribution is 2.26. The monoisotopic (exact) mass is 320 g/mol. The highest BCUT2D eigenvalue weighted by Gasteiger charge is 2.25. The summed E-state index contributed by atoms with van der Waals surface area (Å²) in [7, 11) is -2.90. The Labute approximate surface area is 130 Å². The van der Waals surface area contributed by atoms with Crippen LogP contribution in [0, 0.1) is 0 Å². The second-order valence-corrected chi connectivity index (χ2v) is 7.95. The molecule has 1 unspecified atom stereocenters. The van der Waals surface area contributed by atoms with Gasteiger partial charge >= 0.3 is 0 Å². The predicted octanol–water partition coefficient (Wildman–Crippen LogP) is 2.52. The first-order valence-electron chi connectivity index (χ1n) is 7.51. The van der Waals surface area contributed by atoms with Gasteiger partial charge in [-0.25, -0.2) is 13.4 Å². The van der Waals surface area contributed by atoms with E-state index in [0.717, 1.165) is 17.9 Å². The molecule has 0 saturated carbocycles. The molecular weight excluding hydrogens is 300 g/mol. The number of rotatable bonds is 3. The molecule has 5 nitrogen and oxygen atoms in total. The maximum atomic E-state index is 11.7. The molecule has 0 amide bonds. The van der Waals surface area contributed by atoms with Crippen LogP contribution in [-0.2, 0) is 9.84 Å². The van der Waals surface area contributed by atoms with Crippen LogP contribution in [0.5, 0.6) is 0 Å². The average molecular weight is 320 g/mol. The van der Waals surface area contributed by atoms with Gasteiger partial charge in [0.2, 0.25) is 5.89 Å². The lowest BCUT2D eigenvalue weighted by Crippen LogP contribution is -2.30.